The number of amides is 2. The average Bonchev–Trinajstić information content (AvgIpc) is 2.89. The second-order valence-corrected chi connectivity index (χ2v) is 9.20. The summed E-state index contributed by atoms with van der Waals surface area (Å²) in [7, 11) is 0. The van der Waals surface area contributed by atoms with Gasteiger partial charge in [0, 0.05) is 18.7 Å². The Labute approximate surface area is 210 Å². The van der Waals surface area contributed by atoms with E-state index < -0.39 is 5.25 Å². The highest BCUT2D eigenvalue weighted by Crippen LogP contribution is 2.33. The van der Waals surface area contributed by atoms with Crippen molar-refractivity contribution >= 4 is 34.4 Å². The van der Waals surface area contributed by atoms with E-state index in [1.54, 1.807) is 17.0 Å². The maximum Gasteiger partial charge on any atom is 0.238 e. The summed E-state index contributed by atoms with van der Waals surface area (Å²) in [6.07, 6.45) is 0.127. The fraction of sp³-hybridized carbons (Fsp3) is 0.250. The molecule has 1 aliphatic heterocycles. The lowest BCUT2D eigenvalue weighted by molar-refractivity contribution is -0.129. The van der Waals surface area contributed by atoms with Gasteiger partial charge in [0.15, 0.2) is 5.17 Å². The summed E-state index contributed by atoms with van der Waals surface area (Å²) in [5.41, 5.74) is 2.71. The summed E-state index contributed by atoms with van der Waals surface area (Å²) in [4.78, 5) is 32.8. The number of carbonyl (C=O) groups is 2. The molecule has 3 aromatic carbocycles. The van der Waals surface area contributed by atoms with Crippen molar-refractivity contribution in [2.75, 3.05) is 18.5 Å². The van der Waals surface area contributed by atoms with E-state index in [4.69, 9.17) is 9.73 Å². The van der Waals surface area contributed by atoms with E-state index in [9.17, 15) is 9.59 Å². The Morgan fingerprint density at radius 3 is 2.14 bits per heavy atom. The monoisotopic (exact) mass is 487 g/mol. The van der Waals surface area contributed by atoms with Crippen LogP contribution in [-0.4, -0.2) is 40.3 Å². The second-order valence-electron chi connectivity index (χ2n) is 8.03. The minimum Gasteiger partial charge on any atom is -0.494 e. The molecule has 1 aliphatic rings. The number of benzene rings is 3. The first-order valence-corrected chi connectivity index (χ1v) is 12.7. The Bertz CT molecular complexity index is 1130. The third-order valence-corrected chi connectivity index (χ3v) is 6.85. The zero-order valence-corrected chi connectivity index (χ0v) is 20.7. The van der Waals surface area contributed by atoms with Gasteiger partial charge in [0.1, 0.15) is 17.0 Å². The first kappa shape index (κ1) is 24.5. The van der Waals surface area contributed by atoms with E-state index in [-0.39, 0.29) is 24.3 Å². The molecule has 0 radical (unpaired) electrons. The summed E-state index contributed by atoms with van der Waals surface area (Å²) in [5, 5.41) is 2.93. The predicted octanol–water partition coefficient (Wildman–Crippen LogP) is 5.52. The number of ether oxygens (including phenoxy) is 1. The van der Waals surface area contributed by atoms with Crippen molar-refractivity contribution < 1.29 is 14.3 Å². The molecule has 0 aliphatic carbocycles. The molecule has 1 N–H and O–H groups in total. The van der Waals surface area contributed by atoms with Crippen molar-refractivity contribution in [2.24, 2.45) is 4.99 Å². The highest BCUT2D eigenvalue weighted by molar-refractivity contribution is 8.15. The molecular weight excluding hydrogens is 458 g/mol. The first-order chi connectivity index (χ1) is 17.1. The molecule has 4 rings (SSSR count). The summed E-state index contributed by atoms with van der Waals surface area (Å²) in [5.74, 6) is 0.428. The van der Waals surface area contributed by atoms with Crippen LogP contribution in [0.25, 0.3) is 0 Å². The van der Waals surface area contributed by atoms with Crippen LogP contribution in [0.1, 0.15) is 37.4 Å². The van der Waals surface area contributed by atoms with Gasteiger partial charge in [-0.3, -0.25) is 14.5 Å². The van der Waals surface area contributed by atoms with Gasteiger partial charge in [-0.2, -0.15) is 0 Å². The quantitative estimate of drug-likeness (QED) is 0.454. The van der Waals surface area contributed by atoms with Crippen molar-refractivity contribution in [3.8, 4) is 5.75 Å². The van der Waals surface area contributed by atoms with Crippen LogP contribution in [0.4, 0.5) is 5.69 Å². The number of hydrogen-bond donors (Lipinski definition) is 1. The van der Waals surface area contributed by atoms with Crippen LogP contribution >= 0.6 is 11.8 Å². The van der Waals surface area contributed by atoms with Crippen molar-refractivity contribution in [1.29, 1.82) is 0 Å². The lowest BCUT2D eigenvalue weighted by atomic mass is 9.99. The topological polar surface area (TPSA) is 71.0 Å². The zero-order valence-electron chi connectivity index (χ0n) is 19.9. The number of aliphatic imine (C=N–C) groups is 1. The Kier molecular flexibility index (Phi) is 8.21. The summed E-state index contributed by atoms with van der Waals surface area (Å²) in [6, 6.07) is 26.9. The van der Waals surface area contributed by atoms with Crippen molar-refractivity contribution in [1.82, 2.24) is 4.90 Å². The predicted molar refractivity (Wildman–Crippen MR) is 142 cm³/mol. The van der Waals surface area contributed by atoms with E-state index in [1.807, 2.05) is 86.6 Å². The first-order valence-electron chi connectivity index (χ1n) is 11.8. The molecule has 0 saturated carbocycles. The van der Waals surface area contributed by atoms with Gasteiger partial charge in [-0.05, 0) is 49.2 Å². The number of rotatable bonds is 8. The van der Waals surface area contributed by atoms with Gasteiger partial charge in [0.25, 0.3) is 0 Å². The number of nitrogens with zero attached hydrogens (tertiary/aromatic N) is 2. The largest absolute Gasteiger partial charge is 0.494 e. The van der Waals surface area contributed by atoms with Gasteiger partial charge in [0.05, 0.1) is 6.61 Å². The van der Waals surface area contributed by atoms with E-state index in [0.29, 0.717) is 24.0 Å². The molecule has 1 fully saturated rings. The van der Waals surface area contributed by atoms with Crippen molar-refractivity contribution in [3.05, 3.63) is 96.1 Å². The van der Waals surface area contributed by atoms with Crippen LogP contribution in [0.3, 0.4) is 0 Å². The Balaban J connectivity index is 1.60. The molecule has 1 saturated heterocycles. The Hall–Kier alpha value is -3.58. The number of thioether (sulfide) groups is 1. The van der Waals surface area contributed by atoms with Crippen LogP contribution in [0.15, 0.2) is 89.9 Å². The molecule has 3 aromatic rings. The third kappa shape index (κ3) is 6.11. The van der Waals surface area contributed by atoms with Crippen molar-refractivity contribution in [2.45, 2.75) is 31.6 Å². The molecule has 0 aromatic heterocycles. The Morgan fingerprint density at radius 2 is 1.60 bits per heavy atom. The molecule has 0 unspecified atom stereocenters. The minimum absolute atomic E-state index is 0.100. The van der Waals surface area contributed by atoms with Gasteiger partial charge >= 0.3 is 0 Å². The van der Waals surface area contributed by atoms with E-state index in [1.165, 1.54) is 11.8 Å². The van der Waals surface area contributed by atoms with Gasteiger partial charge in [0.2, 0.25) is 11.8 Å². The molecule has 7 heteroatoms. The molecule has 1 atom stereocenters. The molecule has 180 valence electrons. The molecule has 2 amide bonds. The smallest absolute Gasteiger partial charge is 0.238 e. The minimum atomic E-state index is -0.567. The van der Waals surface area contributed by atoms with Crippen LogP contribution in [0.5, 0.6) is 5.75 Å². The van der Waals surface area contributed by atoms with E-state index in [0.717, 1.165) is 16.9 Å². The standard InChI is InChI=1S/C28H29N3O3S/c1-3-31-25(32)19-24(27(33)29-22-15-17-23(18-16-22)34-4-2)35-28(31)30-26(20-11-7-5-8-12-20)21-13-9-6-10-14-21/h5-18,24,26H,3-4,19H2,1-2H3,(H,29,33)/t24-/m1/s1. The average molecular weight is 488 g/mol. The van der Waals surface area contributed by atoms with Crippen LogP contribution in [0.2, 0.25) is 0 Å². The fourth-order valence-electron chi connectivity index (χ4n) is 3.91. The van der Waals surface area contributed by atoms with E-state index in [2.05, 4.69) is 5.32 Å². The van der Waals surface area contributed by atoms with Crippen LogP contribution < -0.4 is 10.1 Å². The maximum absolute atomic E-state index is 13.1. The maximum atomic E-state index is 13.1. The van der Waals surface area contributed by atoms with Crippen molar-refractivity contribution in [3.63, 3.8) is 0 Å². The molecule has 6 nitrogen and oxygen atoms in total. The number of anilines is 1. The van der Waals surface area contributed by atoms with Crippen LogP contribution in [0, 0.1) is 0 Å². The van der Waals surface area contributed by atoms with Gasteiger partial charge in [-0.25, -0.2) is 4.99 Å². The van der Waals surface area contributed by atoms with Gasteiger partial charge in [-0.15, -0.1) is 0 Å². The fourth-order valence-corrected chi connectivity index (χ4v) is 5.08. The number of hydrogen-bond acceptors (Lipinski definition) is 5. The summed E-state index contributed by atoms with van der Waals surface area (Å²) >= 11 is 1.34. The summed E-state index contributed by atoms with van der Waals surface area (Å²) < 4.78 is 5.46. The summed E-state index contributed by atoms with van der Waals surface area (Å²) in [6.45, 7) is 4.92. The molecular formula is C28H29N3O3S. The Morgan fingerprint density at radius 1 is 1.00 bits per heavy atom. The highest BCUT2D eigenvalue weighted by atomic mass is 32.2. The van der Waals surface area contributed by atoms with Gasteiger partial charge in [-0.1, -0.05) is 72.4 Å². The molecule has 35 heavy (non-hydrogen) atoms. The highest BCUT2D eigenvalue weighted by Gasteiger charge is 2.35. The zero-order chi connectivity index (χ0) is 24.6. The normalized spacial score (nSPS) is 17.0. The lowest BCUT2D eigenvalue weighted by Gasteiger charge is -2.32. The number of carbonyl (C=O) groups excluding carboxylic acids is 2. The lowest BCUT2D eigenvalue weighted by Crippen LogP contribution is -2.45. The second kappa shape index (κ2) is 11.7. The number of amidine groups is 1. The third-order valence-electron chi connectivity index (χ3n) is 5.65. The molecule has 0 spiro atoms. The van der Waals surface area contributed by atoms with Crippen LogP contribution in [-0.2, 0) is 9.59 Å². The number of nitrogens with one attached hydrogen (secondary N) is 1. The van der Waals surface area contributed by atoms with E-state index >= 15 is 0 Å². The molecule has 0 bridgehead atoms. The van der Waals surface area contributed by atoms with Gasteiger partial charge < -0.3 is 10.1 Å². The molecule has 1 heterocycles. The SMILES string of the molecule is CCOc1ccc(NC(=O)[C@H]2CC(=O)N(CC)C(=NC(c3ccccc3)c3ccccc3)S2)cc1.